The molecule has 1 aromatic heterocycles. The van der Waals surface area contributed by atoms with E-state index >= 15 is 0 Å². The first-order valence-corrected chi connectivity index (χ1v) is 9.47. The lowest BCUT2D eigenvalue weighted by Crippen LogP contribution is -2.50. The number of amides is 2. The molecule has 0 radical (unpaired) electrons. The number of aryl methyl sites for hydroxylation is 2. The van der Waals surface area contributed by atoms with E-state index < -0.39 is 0 Å². The van der Waals surface area contributed by atoms with Gasteiger partial charge in [-0.05, 0) is 48.9 Å². The van der Waals surface area contributed by atoms with Crippen molar-refractivity contribution in [3.05, 3.63) is 59.7 Å². The number of aromatic nitrogens is 2. The Balaban J connectivity index is 1.34. The first-order chi connectivity index (χ1) is 14.0. The molecule has 0 saturated carbocycles. The van der Waals surface area contributed by atoms with Crippen molar-refractivity contribution in [1.82, 2.24) is 15.0 Å². The normalized spacial score (nSPS) is 14.2. The van der Waals surface area contributed by atoms with E-state index in [-0.39, 0.29) is 11.8 Å². The number of urea groups is 1. The Morgan fingerprint density at radius 1 is 1.07 bits per heavy atom. The van der Waals surface area contributed by atoms with E-state index in [0.29, 0.717) is 36.1 Å². The van der Waals surface area contributed by atoms with E-state index in [1.165, 1.54) is 6.07 Å². The molecule has 1 fully saturated rings. The molecule has 8 heteroatoms. The third-order valence-electron chi connectivity index (χ3n) is 5.01. The van der Waals surface area contributed by atoms with Gasteiger partial charge in [-0.25, -0.2) is 9.18 Å². The number of rotatable bonds is 3. The van der Waals surface area contributed by atoms with Gasteiger partial charge in [0.2, 0.25) is 11.7 Å². The minimum Gasteiger partial charge on any atom is -0.368 e. The maximum Gasteiger partial charge on any atom is 0.321 e. The maximum absolute atomic E-state index is 13.7. The number of anilines is 2. The lowest BCUT2D eigenvalue weighted by molar-refractivity contribution is 0.208. The van der Waals surface area contributed by atoms with Crippen LogP contribution >= 0.6 is 0 Å². The van der Waals surface area contributed by atoms with Crippen LogP contribution in [0.15, 0.2) is 47.0 Å². The van der Waals surface area contributed by atoms with Crippen LogP contribution in [0, 0.1) is 19.7 Å². The predicted octanol–water partition coefficient (Wildman–Crippen LogP) is 3.85. The fourth-order valence-electron chi connectivity index (χ4n) is 3.28. The van der Waals surface area contributed by atoms with Crippen LogP contribution in [0.2, 0.25) is 0 Å². The summed E-state index contributed by atoms with van der Waals surface area (Å²) in [7, 11) is 0. The molecule has 150 valence electrons. The molecule has 0 spiro atoms. The average Bonchev–Trinajstić information content (AvgIpc) is 3.17. The third-order valence-corrected chi connectivity index (χ3v) is 5.01. The standard InChI is InChI=1S/C21H22FN5O2/c1-14-3-6-17(13-19(14)22)24-21(28)27-11-9-26(10-12-27)18-7-4-16(5-8-18)20-23-15(2)29-25-20/h3-8,13H,9-12H2,1-2H3,(H,24,28). The number of hydrogen-bond donors (Lipinski definition) is 1. The molecule has 29 heavy (non-hydrogen) atoms. The number of nitrogens with one attached hydrogen (secondary N) is 1. The monoisotopic (exact) mass is 395 g/mol. The Labute approximate surface area is 168 Å². The summed E-state index contributed by atoms with van der Waals surface area (Å²) in [6.45, 7) is 6.07. The summed E-state index contributed by atoms with van der Waals surface area (Å²) < 4.78 is 18.7. The Morgan fingerprint density at radius 2 is 1.79 bits per heavy atom. The van der Waals surface area contributed by atoms with E-state index in [1.807, 2.05) is 24.3 Å². The van der Waals surface area contributed by atoms with E-state index in [1.54, 1.807) is 30.9 Å². The highest BCUT2D eigenvalue weighted by molar-refractivity contribution is 5.89. The van der Waals surface area contributed by atoms with E-state index in [2.05, 4.69) is 20.4 Å². The number of halogens is 1. The molecule has 2 amide bonds. The van der Waals surface area contributed by atoms with Crippen molar-refractivity contribution in [3.63, 3.8) is 0 Å². The number of piperazine rings is 1. The second-order valence-electron chi connectivity index (χ2n) is 7.05. The van der Waals surface area contributed by atoms with Gasteiger partial charge < -0.3 is 19.6 Å². The molecular formula is C21H22FN5O2. The van der Waals surface area contributed by atoms with Crippen molar-refractivity contribution >= 4 is 17.4 Å². The van der Waals surface area contributed by atoms with E-state index in [4.69, 9.17) is 4.52 Å². The molecule has 0 unspecified atom stereocenters. The molecule has 3 aromatic rings. The second-order valence-corrected chi connectivity index (χ2v) is 7.05. The van der Waals surface area contributed by atoms with Gasteiger partial charge in [0, 0.05) is 50.0 Å². The van der Waals surface area contributed by atoms with Crippen LogP contribution in [0.1, 0.15) is 11.5 Å². The highest BCUT2D eigenvalue weighted by atomic mass is 19.1. The molecule has 0 atom stereocenters. The Morgan fingerprint density at radius 3 is 2.41 bits per heavy atom. The summed E-state index contributed by atoms with van der Waals surface area (Å²) >= 11 is 0. The molecule has 7 nitrogen and oxygen atoms in total. The van der Waals surface area contributed by atoms with Crippen molar-refractivity contribution in [1.29, 1.82) is 0 Å². The van der Waals surface area contributed by atoms with Crippen molar-refractivity contribution in [2.24, 2.45) is 0 Å². The minimum atomic E-state index is -0.327. The Hall–Kier alpha value is -3.42. The van der Waals surface area contributed by atoms with Crippen molar-refractivity contribution in [2.75, 3.05) is 36.4 Å². The number of hydrogen-bond acceptors (Lipinski definition) is 5. The first-order valence-electron chi connectivity index (χ1n) is 9.47. The molecular weight excluding hydrogens is 373 g/mol. The summed E-state index contributed by atoms with van der Waals surface area (Å²) in [6, 6.07) is 12.5. The smallest absolute Gasteiger partial charge is 0.321 e. The maximum atomic E-state index is 13.7. The number of nitrogens with zero attached hydrogens (tertiary/aromatic N) is 4. The van der Waals surface area contributed by atoms with Gasteiger partial charge >= 0.3 is 6.03 Å². The second kappa shape index (κ2) is 7.90. The van der Waals surface area contributed by atoms with Crippen LogP contribution < -0.4 is 10.2 Å². The molecule has 0 aliphatic carbocycles. The number of benzene rings is 2. The highest BCUT2D eigenvalue weighted by Crippen LogP contribution is 2.22. The van der Waals surface area contributed by atoms with Crippen molar-refractivity contribution in [3.8, 4) is 11.4 Å². The van der Waals surface area contributed by atoms with Crippen molar-refractivity contribution in [2.45, 2.75) is 13.8 Å². The quantitative estimate of drug-likeness (QED) is 0.729. The Kier molecular flexibility index (Phi) is 5.16. The average molecular weight is 395 g/mol. The van der Waals surface area contributed by atoms with Crippen molar-refractivity contribution < 1.29 is 13.7 Å². The SMILES string of the molecule is Cc1nc(-c2ccc(N3CCN(C(=O)Nc4ccc(C)c(F)c4)CC3)cc2)no1. The molecule has 2 heterocycles. The molecule has 1 saturated heterocycles. The Bertz CT molecular complexity index is 1010. The van der Waals surface area contributed by atoms with Gasteiger partial charge in [-0.15, -0.1) is 0 Å². The lowest BCUT2D eigenvalue weighted by Gasteiger charge is -2.36. The van der Waals surface area contributed by atoms with Gasteiger partial charge in [0.1, 0.15) is 5.82 Å². The van der Waals surface area contributed by atoms with Gasteiger partial charge in [0.15, 0.2) is 0 Å². The van der Waals surface area contributed by atoms with Crippen LogP contribution in [-0.2, 0) is 0 Å². The molecule has 1 aliphatic rings. The zero-order valence-electron chi connectivity index (χ0n) is 16.4. The topological polar surface area (TPSA) is 74.5 Å². The van der Waals surface area contributed by atoms with Crippen LogP contribution in [0.4, 0.5) is 20.6 Å². The lowest BCUT2D eigenvalue weighted by atomic mass is 10.1. The number of carbonyl (C=O) groups is 1. The fourth-order valence-corrected chi connectivity index (χ4v) is 3.28. The van der Waals surface area contributed by atoms with Gasteiger partial charge in [0.25, 0.3) is 0 Å². The van der Waals surface area contributed by atoms with Crippen LogP contribution in [0.3, 0.4) is 0 Å². The summed E-state index contributed by atoms with van der Waals surface area (Å²) in [6.07, 6.45) is 0. The van der Waals surface area contributed by atoms with Gasteiger partial charge in [0.05, 0.1) is 0 Å². The summed E-state index contributed by atoms with van der Waals surface area (Å²) in [5, 5.41) is 6.70. The first kappa shape index (κ1) is 18.9. The van der Waals surface area contributed by atoms with Crippen LogP contribution in [0.25, 0.3) is 11.4 Å². The van der Waals surface area contributed by atoms with E-state index in [9.17, 15) is 9.18 Å². The predicted molar refractivity (Wildman–Crippen MR) is 108 cm³/mol. The largest absolute Gasteiger partial charge is 0.368 e. The zero-order chi connectivity index (χ0) is 20.4. The van der Waals surface area contributed by atoms with Crippen LogP contribution in [-0.4, -0.2) is 47.3 Å². The highest BCUT2D eigenvalue weighted by Gasteiger charge is 2.21. The molecule has 4 rings (SSSR count). The minimum absolute atomic E-state index is 0.212. The summed E-state index contributed by atoms with van der Waals surface area (Å²) in [5.74, 6) is 0.780. The summed E-state index contributed by atoms with van der Waals surface area (Å²) in [5.41, 5.74) is 2.99. The van der Waals surface area contributed by atoms with Gasteiger partial charge in [-0.3, -0.25) is 0 Å². The molecule has 2 aromatic carbocycles. The molecule has 0 bridgehead atoms. The third kappa shape index (κ3) is 4.21. The molecule has 1 aliphatic heterocycles. The van der Waals surface area contributed by atoms with Gasteiger partial charge in [-0.1, -0.05) is 11.2 Å². The summed E-state index contributed by atoms with van der Waals surface area (Å²) in [4.78, 5) is 20.7. The number of carbonyl (C=O) groups excluding carboxylic acids is 1. The molecule has 1 N–H and O–H groups in total. The fraction of sp³-hybridized carbons (Fsp3) is 0.286. The van der Waals surface area contributed by atoms with Gasteiger partial charge in [-0.2, -0.15) is 4.98 Å². The van der Waals surface area contributed by atoms with Crippen LogP contribution in [0.5, 0.6) is 0 Å². The zero-order valence-corrected chi connectivity index (χ0v) is 16.4. The van der Waals surface area contributed by atoms with E-state index in [0.717, 1.165) is 24.3 Å².